The average molecular weight is 215 g/mol. The third-order valence-electron chi connectivity index (χ3n) is 2.81. The predicted molar refractivity (Wildman–Crippen MR) is 66.9 cm³/mol. The Balaban J connectivity index is 2.20. The summed E-state index contributed by atoms with van der Waals surface area (Å²) < 4.78 is 0. The second-order valence-corrected chi connectivity index (χ2v) is 3.89. The van der Waals surface area contributed by atoms with Crippen LogP contribution in [0.5, 0.6) is 0 Å². The number of nitrogens with one attached hydrogen (secondary N) is 2. The lowest BCUT2D eigenvalue weighted by molar-refractivity contribution is 0.612. The van der Waals surface area contributed by atoms with Crippen molar-refractivity contribution in [1.82, 2.24) is 15.3 Å². The first kappa shape index (κ1) is 10.9. The predicted octanol–water partition coefficient (Wildman–Crippen LogP) is 2.59. The zero-order chi connectivity index (χ0) is 11.4. The van der Waals surface area contributed by atoms with Gasteiger partial charge in [0.1, 0.15) is 5.82 Å². The Morgan fingerprint density at radius 1 is 1.50 bits per heavy atom. The fraction of sp³-hybridized carbons (Fsp3) is 0.308. The van der Waals surface area contributed by atoms with Crippen LogP contribution in [0.15, 0.2) is 37.6 Å². The quantitative estimate of drug-likeness (QED) is 0.758. The van der Waals surface area contributed by atoms with Gasteiger partial charge in [-0.2, -0.15) is 0 Å². The van der Waals surface area contributed by atoms with E-state index < -0.39 is 0 Å². The molecule has 0 bridgehead atoms. The first-order valence-corrected chi connectivity index (χ1v) is 5.59. The van der Waals surface area contributed by atoms with E-state index in [-0.39, 0.29) is 0 Å². The van der Waals surface area contributed by atoms with Crippen molar-refractivity contribution in [2.75, 3.05) is 6.54 Å². The zero-order valence-corrected chi connectivity index (χ0v) is 9.37. The molecule has 0 spiro atoms. The van der Waals surface area contributed by atoms with Gasteiger partial charge in [-0.3, -0.25) is 0 Å². The van der Waals surface area contributed by atoms with Crippen LogP contribution in [0.3, 0.4) is 0 Å². The largest absolute Gasteiger partial charge is 0.341 e. The molecule has 2 N–H and O–H groups in total. The zero-order valence-electron chi connectivity index (χ0n) is 9.37. The highest BCUT2D eigenvalue weighted by Crippen LogP contribution is 2.22. The van der Waals surface area contributed by atoms with E-state index in [9.17, 15) is 0 Å². The van der Waals surface area contributed by atoms with Crippen molar-refractivity contribution >= 4 is 5.57 Å². The van der Waals surface area contributed by atoms with Gasteiger partial charge >= 0.3 is 0 Å². The summed E-state index contributed by atoms with van der Waals surface area (Å²) in [5, 5.41) is 3.42. The fourth-order valence-corrected chi connectivity index (χ4v) is 1.97. The Bertz CT molecular complexity index is 409. The van der Waals surface area contributed by atoms with Crippen molar-refractivity contribution in [3.63, 3.8) is 0 Å². The molecule has 3 nitrogen and oxygen atoms in total. The molecule has 1 aliphatic heterocycles. The van der Waals surface area contributed by atoms with E-state index in [1.54, 1.807) is 12.2 Å². The van der Waals surface area contributed by atoms with Gasteiger partial charge < -0.3 is 10.3 Å². The molecule has 2 heterocycles. The topological polar surface area (TPSA) is 40.7 Å². The Labute approximate surface area is 96.0 Å². The third kappa shape index (κ3) is 2.14. The Hall–Kier alpha value is -1.61. The van der Waals surface area contributed by atoms with Crippen molar-refractivity contribution in [1.29, 1.82) is 0 Å². The maximum Gasteiger partial charge on any atom is 0.123 e. The number of H-pyrrole nitrogens is 1. The van der Waals surface area contributed by atoms with Crippen molar-refractivity contribution in [3.05, 3.63) is 49.1 Å². The molecular formula is C13H17N3. The molecular weight excluding hydrogens is 198 g/mol. The van der Waals surface area contributed by atoms with Crippen LogP contribution in [0.25, 0.3) is 5.57 Å². The minimum Gasteiger partial charge on any atom is -0.341 e. The van der Waals surface area contributed by atoms with Gasteiger partial charge in [0.05, 0.1) is 17.9 Å². The van der Waals surface area contributed by atoms with E-state index in [0.29, 0.717) is 6.04 Å². The maximum absolute atomic E-state index is 4.41. The van der Waals surface area contributed by atoms with E-state index >= 15 is 0 Å². The number of aromatic amines is 1. The van der Waals surface area contributed by atoms with Crippen LogP contribution in [-0.2, 0) is 0 Å². The van der Waals surface area contributed by atoms with Crippen molar-refractivity contribution in [2.45, 2.75) is 18.9 Å². The lowest BCUT2D eigenvalue weighted by Gasteiger charge is -2.05. The molecule has 1 unspecified atom stereocenters. The Morgan fingerprint density at radius 2 is 2.38 bits per heavy atom. The van der Waals surface area contributed by atoms with Gasteiger partial charge in [-0.15, -0.1) is 0 Å². The molecule has 1 fully saturated rings. The second-order valence-electron chi connectivity index (χ2n) is 3.89. The van der Waals surface area contributed by atoms with Crippen LogP contribution in [0.2, 0.25) is 0 Å². The Morgan fingerprint density at radius 3 is 3.00 bits per heavy atom. The van der Waals surface area contributed by atoms with Crippen molar-refractivity contribution in [3.8, 4) is 0 Å². The summed E-state index contributed by atoms with van der Waals surface area (Å²) in [6.45, 7) is 8.55. The van der Waals surface area contributed by atoms with Crippen LogP contribution in [0.4, 0.5) is 0 Å². The minimum absolute atomic E-state index is 0.378. The van der Waals surface area contributed by atoms with Crippen LogP contribution >= 0.6 is 0 Å². The minimum atomic E-state index is 0.378. The maximum atomic E-state index is 4.41. The highest BCUT2D eigenvalue weighted by atomic mass is 15.0. The molecule has 0 aliphatic carbocycles. The van der Waals surface area contributed by atoms with E-state index in [0.717, 1.165) is 30.1 Å². The number of allylic oxidation sites excluding steroid dienone is 4. The molecule has 1 atom stereocenters. The summed E-state index contributed by atoms with van der Waals surface area (Å²) >= 11 is 0. The summed E-state index contributed by atoms with van der Waals surface area (Å²) in [6, 6.07) is 0.378. The van der Waals surface area contributed by atoms with Gasteiger partial charge in [0.2, 0.25) is 0 Å². The Kier molecular flexibility index (Phi) is 3.37. The van der Waals surface area contributed by atoms with Crippen LogP contribution < -0.4 is 5.32 Å². The molecule has 16 heavy (non-hydrogen) atoms. The second kappa shape index (κ2) is 4.94. The van der Waals surface area contributed by atoms with Crippen molar-refractivity contribution < 1.29 is 0 Å². The first-order chi connectivity index (χ1) is 7.85. The highest BCUT2D eigenvalue weighted by molar-refractivity contribution is 5.72. The fourth-order valence-electron chi connectivity index (χ4n) is 1.97. The lowest BCUT2D eigenvalue weighted by atomic mass is 10.2. The SMILES string of the molecule is C=CC=C(C=C)c1cnc(C2CCCN2)[nH]1. The van der Waals surface area contributed by atoms with Gasteiger partial charge in [0, 0.05) is 0 Å². The number of aromatic nitrogens is 2. The summed E-state index contributed by atoms with van der Waals surface area (Å²) in [5.41, 5.74) is 2.02. The van der Waals surface area contributed by atoms with E-state index in [1.165, 1.54) is 6.42 Å². The number of hydrogen-bond acceptors (Lipinski definition) is 2. The summed E-state index contributed by atoms with van der Waals surface area (Å²) in [6.07, 6.45) is 9.71. The van der Waals surface area contributed by atoms with E-state index in [4.69, 9.17) is 0 Å². The van der Waals surface area contributed by atoms with E-state index in [2.05, 4.69) is 28.4 Å². The van der Waals surface area contributed by atoms with Gasteiger partial charge in [0.25, 0.3) is 0 Å². The molecule has 0 radical (unpaired) electrons. The van der Waals surface area contributed by atoms with Gasteiger partial charge in [-0.05, 0) is 25.0 Å². The van der Waals surface area contributed by atoms with E-state index in [1.807, 2.05) is 12.3 Å². The molecule has 1 aliphatic rings. The number of imidazole rings is 1. The molecule has 2 rings (SSSR count). The average Bonchev–Trinajstić information content (AvgIpc) is 2.95. The molecule has 1 aromatic rings. The molecule has 3 heteroatoms. The molecule has 1 saturated heterocycles. The van der Waals surface area contributed by atoms with Gasteiger partial charge in [0.15, 0.2) is 0 Å². The molecule has 0 aromatic carbocycles. The molecule has 84 valence electrons. The smallest absolute Gasteiger partial charge is 0.123 e. The van der Waals surface area contributed by atoms with Crippen LogP contribution in [-0.4, -0.2) is 16.5 Å². The van der Waals surface area contributed by atoms with Gasteiger partial charge in [-0.25, -0.2) is 4.98 Å². The normalized spacial score (nSPS) is 21.0. The summed E-state index contributed by atoms with van der Waals surface area (Å²) in [7, 11) is 0. The summed E-state index contributed by atoms with van der Waals surface area (Å²) in [5.74, 6) is 1.02. The first-order valence-electron chi connectivity index (χ1n) is 5.59. The molecule has 0 amide bonds. The highest BCUT2D eigenvalue weighted by Gasteiger charge is 2.19. The molecule has 1 aromatic heterocycles. The van der Waals surface area contributed by atoms with Crippen molar-refractivity contribution in [2.24, 2.45) is 0 Å². The van der Waals surface area contributed by atoms with Crippen LogP contribution in [0.1, 0.15) is 30.4 Å². The van der Waals surface area contributed by atoms with Crippen LogP contribution in [0, 0.1) is 0 Å². The number of nitrogens with zero attached hydrogens (tertiary/aromatic N) is 1. The monoisotopic (exact) mass is 215 g/mol. The number of rotatable bonds is 4. The standard InChI is InChI=1S/C13H17N3/c1-3-6-10(4-2)12-9-15-13(16-12)11-7-5-8-14-11/h3-4,6,9,11,14H,1-2,5,7-8H2,(H,15,16). The third-order valence-corrected chi connectivity index (χ3v) is 2.81. The number of hydrogen-bond donors (Lipinski definition) is 2. The summed E-state index contributed by atoms with van der Waals surface area (Å²) in [4.78, 5) is 7.74. The van der Waals surface area contributed by atoms with Gasteiger partial charge in [-0.1, -0.05) is 31.4 Å². The lowest BCUT2D eigenvalue weighted by Crippen LogP contribution is -2.14. The molecule has 0 saturated carbocycles.